The minimum Gasteiger partial charge on any atom is -0.275 e. The Morgan fingerprint density at radius 1 is 1.23 bits per heavy atom. The molecule has 0 radical (unpaired) electrons. The molecule has 13 heavy (non-hydrogen) atoms. The Morgan fingerprint density at radius 2 is 1.77 bits per heavy atom. The van der Waals surface area contributed by atoms with Crippen LogP contribution in [0.4, 0.5) is 4.39 Å². The summed E-state index contributed by atoms with van der Waals surface area (Å²) in [5.41, 5.74) is -0.271. The molecule has 1 nitrogen and oxygen atoms in total. The summed E-state index contributed by atoms with van der Waals surface area (Å²) in [6.07, 6.45) is 0. The monoisotopic (exact) mass is 260 g/mol. The first-order valence-electron chi connectivity index (χ1n) is 2.98. The molecule has 0 aliphatic rings. The van der Waals surface area contributed by atoms with E-state index in [1.807, 2.05) is 0 Å². The van der Waals surface area contributed by atoms with Gasteiger partial charge in [-0.15, -0.1) is 0 Å². The molecule has 0 fully saturated rings. The van der Waals surface area contributed by atoms with Crippen LogP contribution in [-0.4, -0.2) is 5.24 Å². The van der Waals surface area contributed by atoms with Crippen molar-refractivity contribution in [3.05, 3.63) is 32.5 Å². The van der Waals surface area contributed by atoms with Crippen LogP contribution in [0, 0.1) is 5.82 Å². The third kappa shape index (κ3) is 2.08. The zero-order chi connectivity index (χ0) is 10.2. The van der Waals surface area contributed by atoms with Gasteiger partial charge >= 0.3 is 0 Å². The fraction of sp³-hybridized carbons (Fsp3) is 0. The Bertz CT molecular complexity index is 377. The lowest BCUT2D eigenvalue weighted by molar-refractivity contribution is 0.108. The molecule has 0 saturated carbocycles. The molecule has 6 heteroatoms. The van der Waals surface area contributed by atoms with E-state index in [9.17, 15) is 9.18 Å². The summed E-state index contributed by atoms with van der Waals surface area (Å²) >= 11 is 21.5. The van der Waals surface area contributed by atoms with Crippen molar-refractivity contribution >= 4 is 51.6 Å². The predicted octanol–water partition coefficient (Wildman–Crippen LogP) is 4.16. The van der Waals surface area contributed by atoms with Crippen LogP contribution in [-0.2, 0) is 0 Å². The van der Waals surface area contributed by atoms with E-state index < -0.39 is 16.1 Å². The van der Waals surface area contributed by atoms with Crippen molar-refractivity contribution in [2.75, 3.05) is 0 Å². The van der Waals surface area contributed by atoms with Gasteiger partial charge in [0.05, 0.1) is 20.6 Å². The van der Waals surface area contributed by atoms with Crippen molar-refractivity contribution in [2.24, 2.45) is 0 Å². The van der Waals surface area contributed by atoms with E-state index >= 15 is 0 Å². The number of carbonyl (C=O) groups is 1. The van der Waals surface area contributed by atoms with E-state index in [0.29, 0.717) is 0 Å². The number of carbonyl (C=O) groups excluding carboxylic acids is 1. The van der Waals surface area contributed by atoms with Crippen molar-refractivity contribution in [3.63, 3.8) is 0 Å². The Kier molecular flexibility index (Phi) is 3.41. The fourth-order valence-electron chi connectivity index (χ4n) is 0.746. The van der Waals surface area contributed by atoms with Crippen LogP contribution in [0.5, 0.6) is 0 Å². The molecule has 1 rings (SSSR count). The normalized spacial score (nSPS) is 10.2. The van der Waals surface area contributed by atoms with E-state index in [0.717, 1.165) is 6.07 Å². The number of hydrogen-bond acceptors (Lipinski definition) is 1. The van der Waals surface area contributed by atoms with Gasteiger partial charge in [-0.1, -0.05) is 34.8 Å². The highest BCUT2D eigenvalue weighted by Crippen LogP contribution is 2.33. The molecule has 70 valence electrons. The first kappa shape index (κ1) is 11.1. The van der Waals surface area contributed by atoms with E-state index in [-0.39, 0.29) is 15.6 Å². The predicted molar refractivity (Wildman–Crippen MR) is 51.6 cm³/mol. The summed E-state index contributed by atoms with van der Waals surface area (Å²) < 4.78 is 13.0. The molecule has 0 aromatic heterocycles. The first-order valence-corrected chi connectivity index (χ1v) is 4.49. The van der Waals surface area contributed by atoms with Crippen molar-refractivity contribution < 1.29 is 9.18 Å². The summed E-state index contributed by atoms with van der Waals surface area (Å²) in [5, 5.41) is -1.71. The van der Waals surface area contributed by atoms with Crippen LogP contribution < -0.4 is 0 Å². The van der Waals surface area contributed by atoms with E-state index in [4.69, 9.17) is 46.4 Å². The third-order valence-corrected chi connectivity index (χ3v) is 2.43. The molecule has 1 aromatic carbocycles. The standard InChI is InChI=1S/C7HCl4FO/c8-2-1-3(9)6(12)5(10)4(2)7(11)13/h1H. The van der Waals surface area contributed by atoms with Crippen LogP contribution in [0.15, 0.2) is 6.07 Å². The highest BCUT2D eigenvalue weighted by molar-refractivity contribution is 6.70. The second-order valence-electron chi connectivity index (χ2n) is 2.12. The molecular formula is C7HCl4FO. The molecule has 0 heterocycles. The summed E-state index contributed by atoms with van der Waals surface area (Å²) in [4.78, 5) is 10.7. The van der Waals surface area contributed by atoms with E-state index in [2.05, 4.69) is 0 Å². The van der Waals surface area contributed by atoms with Crippen molar-refractivity contribution in [1.29, 1.82) is 0 Å². The van der Waals surface area contributed by atoms with Gasteiger partial charge in [-0.3, -0.25) is 4.79 Å². The van der Waals surface area contributed by atoms with Gasteiger partial charge in [0.25, 0.3) is 5.24 Å². The lowest BCUT2D eigenvalue weighted by Gasteiger charge is -2.04. The zero-order valence-corrected chi connectivity index (χ0v) is 8.90. The Labute approximate surface area is 93.3 Å². The van der Waals surface area contributed by atoms with Crippen LogP contribution in [0.2, 0.25) is 15.1 Å². The lowest BCUT2D eigenvalue weighted by atomic mass is 10.2. The van der Waals surface area contributed by atoms with Crippen molar-refractivity contribution in [3.8, 4) is 0 Å². The van der Waals surface area contributed by atoms with Gasteiger partial charge < -0.3 is 0 Å². The molecule has 0 atom stereocenters. The Hall–Kier alpha value is -0.0200. The highest BCUT2D eigenvalue weighted by Gasteiger charge is 2.19. The molecule has 0 amide bonds. The van der Waals surface area contributed by atoms with E-state index in [1.54, 1.807) is 0 Å². The number of halogens is 5. The smallest absolute Gasteiger partial charge is 0.255 e. The second-order valence-corrected chi connectivity index (χ2v) is 3.65. The minimum atomic E-state index is -0.925. The third-order valence-electron chi connectivity index (χ3n) is 1.31. The van der Waals surface area contributed by atoms with Crippen LogP contribution >= 0.6 is 46.4 Å². The minimum absolute atomic E-state index is 0.0728. The lowest BCUT2D eigenvalue weighted by Crippen LogP contribution is -1.95. The molecule has 0 spiro atoms. The molecule has 0 aliphatic heterocycles. The van der Waals surface area contributed by atoms with E-state index in [1.165, 1.54) is 0 Å². The topological polar surface area (TPSA) is 17.1 Å². The largest absolute Gasteiger partial charge is 0.275 e. The van der Waals surface area contributed by atoms with Crippen LogP contribution in [0.25, 0.3) is 0 Å². The Morgan fingerprint density at radius 3 is 2.23 bits per heavy atom. The second kappa shape index (κ2) is 4.01. The molecule has 0 unspecified atom stereocenters. The van der Waals surface area contributed by atoms with Gasteiger partial charge in [-0.25, -0.2) is 4.39 Å². The fourth-order valence-corrected chi connectivity index (χ4v) is 1.97. The summed E-state index contributed by atoms with van der Waals surface area (Å²) in [7, 11) is 0. The molecule has 0 N–H and O–H groups in total. The molecule has 1 aromatic rings. The number of hydrogen-bond donors (Lipinski definition) is 0. The summed E-state index contributed by atoms with van der Waals surface area (Å²) in [6, 6.07) is 1.07. The molecule has 0 bridgehead atoms. The van der Waals surface area contributed by atoms with Crippen LogP contribution in [0.1, 0.15) is 10.4 Å². The van der Waals surface area contributed by atoms with Gasteiger partial charge in [-0.05, 0) is 17.7 Å². The maximum absolute atomic E-state index is 13.0. The maximum atomic E-state index is 13.0. The van der Waals surface area contributed by atoms with Crippen molar-refractivity contribution in [2.45, 2.75) is 0 Å². The number of rotatable bonds is 1. The summed E-state index contributed by atoms with van der Waals surface area (Å²) in [5.74, 6) is -0.906. The van der Waals surface area contributed by atoms with Gasteiger partial charge in [0.2, 0.25) is 0 Å². The molecule has 0 aliphatic carbocycles. The SMILES string of the molecule is O=C(Cl)c1c(Cl)cc(Cl)c(F)c1Cl. The van der Waals surface area contributed by atoms with Crippen LogP contribution in [0.3, 0.4) is 0 Å². The molecule has 0 saturated heterocycles. The molecular weight excluding hydrogens is 261 g/mol. The highest BCUT2D eigenvalue weighted by atomic mass is 35.5. The van der Waals surface area contributed by atoms with Crippen molar-refractivity contribution in [1.82, 2.24) is 0 Å². The Balaban J connectivity index is 3.53. The van der Waals surface area contributed by atoms with Gasteiger partial charge in [-0.2, -0.15) is 0 Å². The maximum Gasteiger partial charge on any atom is 0.255 e. The quantitative estimate of drug-likeness (QED) is 0.421. The van der Waals surface area contributed by atoms with Gasteiger partial charge in [0, 0.05) is 0 Å². The number of benzene rings is 1. The van der Waals surface area contributed by atoms with Gasteiger partial charge in [0.1, 0.15) is 0 Å². The summed E-state index contributed by atoms with van der Waals surface area (Å²) in [6.45, 7) is 0. The zero-order valence-electron chi connectivity index (χ0n) is 5.88. The van der Waals surface area contributed by atoms with Gasteiger partial charge in [0.15, 0.2) is 5.82 Å². The average molecular weight is 262 g/mol. The first-order chi connectivity index (χ1) is 5.95. The average Bonchev–Trinajstić information content (AvgIpc) is 1.99.